The Balaban J connectivity index is 1.38. The minimum absolute atomic E-state index is 0.0161. The molecule has 0 radical (unpaired) electrons. The Bertz CT molecular complexity index is 1310. The van der Waals surface area contributed by atoms with Crippen molar-refractivity contribution in [2.24, 2.45) is 0 Å². The average molecular weight is 420 g/mol. The van der Waals surface area contributed by atoms with Crippen LogP contribution in [0.25, 0.3) is 11.2 Å². The lowest BCUT2D eigenvalue weighted by atomic mass is 10.1. The maximum atomic E-state index is 13.1. The first-order valence-electron chi connectivity index (χ1n) is 12.2. The second-order valence-electron chi connectivity index (χ2n) is 8.50. The SMILES string of the molecule is [2H]C([2H])([2H])N1Cc2nc3nc(C4CC4)[nH]c3c(Nc3ccc(C(=O)N4CCCC4)cc3)c2C1=O. The van der Waals surface area contributed by atoms with Gasteiger partial charge >= 0.3 is 0 Å². The van der Waals surface area contributed by atoms with Gasteiger partial charge in [0.15, 0.2) is 5.65 Å². The molecule has 2 fully saturated rings. The predicted octanol–water partition coefficient (Wildman–Crippen LogP) is 3.40. The molecule has 8 nitrogen and oxygen atoms in total. The molecule has 0 unspecified atom stereocenters. The number of aromatic amines is 1. The van der Waals surface area contributed by atoms with Crippen LogP contribution in [0.15, 0.2) is 24.3 Å². The van der Waals surface area contributed by atoms with E-state index in [4.69, 9.17) is 4.11 Å². The number of carbonyl (C=O) groups is 2. The molecule has 31 heavy (non-hydrogen) atoms. The van der Waals surface area contributed by atoms with Crippen molar-refractivity contribution in [3.05, 3.63) is 46.9 Å². The summed E-state index contributed by atoms with van der Waals surface area (Å²) in [5, 5.41) is 3.29. The zero-order valence-corrected chi connectivity index (χ0v) is 16.9. The quantitative estimate of drug-likeness (QED) is 0.676. The zero-order chi connectivity index (χ0) is 23.6. The summed E-state index contributed by atoms with van der Waals surface area (Å²) in [4.78, 5) is 41.0. The van der Waals surface area contributed by atoms with E-state index in [-0.39, 0.29) is 18.0 Å². The minimum atomic E-state index is -2.56. The van der Waals surface area contributed by atoms with Crippen LogP contribution in [-0.4, -0.2) is 56.6 Å². The largest absolute Gasteiger partial charge is 0.353 e. The normalized spacial score (nSPS) is 20.0. The Morgan fingerprint density at radius 1 is 1.19 bits per heavy atom. The number of likely N-dealkylation sites (tertiary alicyclic amines) is 1. The average Bonchev–Trinajstić information content (AvgIpc) is 3.19. The van der Waals surface area contributed by atoms with Crippen molar-refractivity contribution in [1.29, 1.82) is 0 Å². The molecule has 158 valence electrons. The Labute approximate surface area is 183 Å². The smallest absolute Gasteiger partial charge is 0.258 e. The molecule has 1 aliphatic carbocycles. The van der Waals surface area contributed by atoms with Gasteiger partial charge in [-0.3, -0.25) is 9.59 Å². The number of benzene rings is 1. The van der Waals surface area contributed by atoms with E-state index in [1.807, 2.05) is 4.90 Å². The van der Waals surface area contributed by atoms with Crippen LogP contribution in [0.3, 0.4) is 0 Å². The number of pyridine rings is 1. The lowest BCUT2D eigenvalue weighted by molar-refractivity contribution is 0.0791. The molecule has 0 atom stereocenters. The molecule has 0 spiro atoms. The van der Waals surface area contributed by atoms with Crippen molar-refractivity contribution < 1.29 is 13.7 Å². The molecule has 1 saturated heterocycles. The number of aromatic nitrogens is 3. The summed E-state index contributed by atoms with van der Waals surface area (Å²) in [6.07, 6.45) is 4.17. The molecular formula is C23H24N6O2. The van der Waals surface area contributed by atoms with E-state index in [0.717, 1.165) is 49.5 Å². The first kappa shape index (κ1) is 15.4. The van der Waals surface area contributed by atoms with Crippen LogP contribution < -0.4 is 5.32 Å². The number of hydrogen-bond acceptors (Lipinski definition) is 5. The van der Waals surface area contributed by atoms with Crippen LogP contribution in [0, 0.1) is 0 Å². The standard InChI is InChI=1S/C23H24N6O2/c1-28-12-16-17(23(28)31)18(19-21(25-16)27-20(26-19)13-4-5-13)24-15-8-6-14(7-9-15)22(30)29-10-2-3-11-29/h6-9,13H,2-5,10-12H2,1H3,(H2,24,25,26,27)/i1D3. The third-order valence-electron chi connectivity index (χ3n) is 6.26. The predicted molar refractivity (Wildman–Crippen MR) is 117 cm³/mol. The Morgan fingerprint density at radius 2 is 1.97 bits per heavy atom. The second kappa shape index (κ2) is 6.80. The lowest BCUT2D eigenvalue weighted by Gasteiger charge is -2.16. The molecule has 3 aliphatic rings. The number of imidazole rings is 1. The first-order chi connectivity index (χ1) is 16.3. The summed E-state index contributed by atoms with van der Waals surface area (Å²) in [7, 11) is 0. The fraction of sp³-hybridized carbons (Fsp3) is 0.391. The number of rotatable bonds is 4. The van der Waals surface area contributed by atoms with Crippen LogP contribution in [0.1, 0.15) is 67.9 Å². The molecule has 4 heterocycles. The van der Waals surface area contributed by atoms with Crippen LogP contribution in [-0.2, 0) is 6.54 Å². The Kier molecular flexibility index (Phi) is 3.38. The zero-order valence-electron chi connectivity index (χ0n) is 19.9. The number of nitrogens with zero attached hydrogens (tertiary/aromatic N) is 4. The van der Waals surface area contributed by atoms with Gasteiger partial charge in [-0.2, -0.15) is 0 Å². The van der Waals surface area contributed by atoms with E-state index in [1.54, 1.807) is 24.3 Å². The number of carbonyl (C=O) groups excluding carboxylic acids is 2. The second-order valence-corrected chi connectivity index (χ2v) is 8.50. The Morgan fingerprint density at radius 3 is 2.68 bits per heavy atom. The van der Waals surface area contributed by atoms with Crippen LogP contribution in [0.2, 0.25) is 0 Å². The third kappa shape index (κ3) is 3.05. The molecular weight excluding hydrogens is 392 g/mol. The number of amides is 2. The number of fused-ring (bicyclic) bond motifs is 2. The van der Waals surface area contributed by atoms with Gasteiger partial charge in [0.1, 0.15) is 11.3 Å². The maximum Gasteiger partial charge on any atom is 0.258 e. The van der Waals surface area contributed by atoms with Crippen molar-refractivity contribution in [1.82, 2.24) is 24.8 Å². The van der Waals surface area contributed by atoms with Crippen molar-refractivity contribution in [3.8, 4) is 0 Å². The van der Waals surface area contributed by atoms with Gasteiger partial charge in [-0.15, -0.1) is 0 Å². The lowest BCUT2D eigenvalue weighted by Crippen LogP contribution is -2.27. The van der Waals surface area contributed by atoms with Gasteiger partial charge in [0.2, 0.25) is 0 Å². The van der Waals surface area contributed by atoms with Gasteiger partial charge in [-0.1, -0.05) is 0 Å². The van der Waals surface area contributed by atoms with E-state index in [9.17, 15) is 9.59 Å². The van der Waals surface area contributed by atoms with E-state index in [0.29, 0.717) is 39.7 Å². The summed E-state index contributed by atoms with van der Waals surface area (Å²) in [6, 6.07) is 7.11. The fourth-order valence-corrected chi connectivity index (χ4v) is 4.41. The number of hydrogen-bond donors (Lipinski definition) is 2. The molecule has 0 bridgehead atoms. The summed E-state index contributed by atoms with van der Waals surface area (Å²) in [5.74, 6) is 0.626. The van der Waals surface area contributed by atoms with Crippen molar-refractivity contribution >= 4 is 34.4 Å². The molecule has 3 aromatic rings. The van der Waals surface area contributed by atoms with Crippen molar-refractivity contribution in [3.63, 3.8) is 0 Å². The van der Waals surface area contributed by atoms with Crippen molar-refractivity contribution in [2.45, 2.75) is 38.1 Å². The Hall–Kier alpha value is -3.42. The highest BCUT2D eigenvalue weighted by Gasteiger charge is 2.33. The minimum Gasteiger partial charge on any atom is -0.353 e. The monoisotopic (exact) mass is 419 g/mol. The van der Waals surface area contributed by atoms with Crippen LogP contribution >= 0.6 is 0 Å². The molecule has 8 heteroatoms. The highest BCUT2D eigenvalue weighted by molar-refractivity contribution is 6.09. The fourth-order valence-electron chi connectivity index (χ4n) is 4.41. The summed E-state index contributed by atoms with van der Waals surface area (Å²) in [5.41, 5.74) is 3.44. The first-order valence-corrected chi connectivity index (χ1v) is 10.7. The summed E-state index contributed by atoms with van der Waals surface area (Å²) in [6.45, 7) is -1.09. The van der Waals surface area contributed by atoms with E-state index in [1.165, 1.54) is 0 Å². The summed E-state index contributed by atoms with van der Waals surface area (Å²) >= 11 is 0. The molecule has 1 aromatic carbocycles. The molecule has 2 aliphatic heterocycles. The molecule has 6 rings (SSSR count). The van der Waals surface area contributed by atoms with Gasteiger partial charge in [-0.25, -0.2) is 9.97 Å². The van der Waals surface area contributed by atoms with E-state index in [2.05, 4.69) is 20.3 Å². The topological polar surface area (TPSA) is 94.2 Å². The number of H-pyrrole nitrogens is 1. The highest BCUT2D eigenvalue weighted by Crippen LogP contribution is 2.41. The number of nitrogens with one attached hydrogen (secondary N) is 2. The van der Waals surface area contributed by atoms with Crippen LogP contribution in [0.4, 0.5) is 11.4 Å². The van der Waals surface area contributed by atoms with E-state index >= 15 is 0 Å². The molecule has 1 saturated carbocycles. The van der Waals surface area contributed by atoms with E-state index < -0.39 is 12.9 Å². The van der Waals surface area contributed by atoms with Gasteiger partial charge < -0.3 is 20.1 Å². The number of anilines is 2. The summed E-state index contributed by atoms with van der Waals surface area (Å²) < 4.78 is 23.2. The maximum absolute atomic E-state index is 13.1. The third-order valence-corrected chi connectivity index (χ3v) is 6.26. The molecule has 2 N–H and O–H groups in total. The van der Waals surface area contributed by atoms with Crippen LogP contribution in [0.5, 0.6) is 0 Å². The highest BCUT2D eigenvalue weighted by atomic mass is 16.2. The van der Waals surface area contributed by atoms with Gasteiger partial charge in [-0.05, 0) is 49.9 Å². The molecule has 2 aromatic heterocycles. The van der Waals surface area contributed by atoms with Crippen molar-refractivity contribution in [2.75, 3.05) is 25.4 Å². The van der Waals surface area contributed by atoms with Gasteiger partial charge in [0.25, 0.3) is 11.8 Å². The van der Waals surface area contributed by atoms with Gasteiger partial charge in [0, 0.05) is 41.3 Å². The molecule has 2 amide bonds. The van der Waals surface area contributed by atoms with Gasteiger partial charge in [0.05, 0.1) is 23.5 Å².